The first-order chi connectivity index (χ1) is 8.72. The van der Waals surface area contributed by atoms with Crippen molar-refractivity contribution < 1.29 is 4.52 Å². The summed E-state index contributed by atoms with van der Waals surface area (Å²) >= 11 is 0. The second-order valence-electron chi connectivity index (χ2n) is 3.93. The molecule has 0 aliphatic heterocycles. The summed E-state index contributed by atoms with van der Waals surface area (Å²) in [4.78, 5) is 8.30. The van der Waals surface area contributed by atoms with Crippen molar-refractivity contribution in [2.75, 3.05) is 0 Å². The van der Waals surface area contributed by atoms with Crippen LogP contribution in [0.4, 0.5) is 0 Å². The molecule has 18 heavy (non-hydrogen) atoms. The molecule has 0 aliphatic carbocycles. The molecule has 0 amide bonds. The first-order valence-corrected chi connectivity index (χ1v) is 5.67. The lowest BCUT2D eigenvalue weighted by Gasteiger charge is -2.02. The van der Waals surface area contributed by atoms with Crippen LogP contribution < -0.4 is 5.73 Å². The quantitative estimate of drug-likeness (QED) is 0.867. The number of nitrogens with two attached hydrogens (primary N) is 1. The Morgan fingerprint density at radius 3 is 2.94 bits per heavy atom. The van der Waals surface area contributed by atoms with Crippen molar-refractivity contribution >= 4 is 0 Å². The van der Waals surface area contributed by atoms with Crippen LogP contribution in [0.15, 0.2) is 22.9 Å². The number of hydrogen-bond acceptors (Lipinski definition) is 6. The SMILES string of the molecule is CCC(N)Cc1noc(-c2ccc(C#N)cn2)n1. The van der Waals surface area contributed by atoms with Crippen molar-refractivity contribution in [1.82, 2.24) is 15.1 Å². The van der Waals surface area contributed by atoms with Crippen molar-refractivity contribution in [3.63, 3.8) is 0 Å². The molecule has 6 heteroatoms. The fourth-order valence-corrected chi connectivity index (χ4v) is 1.41. The molecule has 0 aromatic carbocycles. The molecular formula is C12H13N5O. The highest BCUT2D eigenvalue weighted by atomic mass is 16.5. The van der Waals surface area contributed by atoms with Crippen LogP contribution in [0.25, 0.3) is 11.6 Å². The van der Waals surface area contributed by atoms with E-state index in [1.54, 1.807) is 12.1 Å². The second-order valence-corrected chi connectivity index (χ2v) is 3.93. The molecule has 2 rings (SSSR count). The van der Waals surface area contributed by atoms with Crippen LogP contribution in [0.2, 0.25) is 0 Å². The number of aromatic nitrogens is 3. The molecule has 0 saturated heterocycles. The minimum Gasteiger partial charge on any atom is -0.332 e. The monoisotopic (exact) mass is 243 g/mol. The Bertz CT molecular complexity index is 555. The second kappa shape index (κ2) is 5.38. The van der Waals surface area contributed by atoms with E-state index < -0.39 is 0 Å². The molecule has 0 aliphatic rings. The van der Waals surface area contributed by atoms with Gasteiger partial charge in [-0.25, -0.2) is 4.98 Å². The zero-order chi connectivity index (χ0) is 13.0. The lowest BCUT2D eigenvalue weighted by atomic mass is 10.2. The number of pyridine rings is 1. The van der Waals surface area contributed by atoms with E-state index in [4.69, 9.17) is 15.5 Å². The van der Waals surface area contributed by atoms with Crippen LogP contribution in [0, 0.1) is 11.3 Å². The molecule has 92 valence electrons. The van der Waals surface area contributed by atoms with E-state index in [0.29, 0.717) is 29.4 Å². The maximum absolute atomic E-state index is 8.67. The summed E-state index contributed by atoms with van der Waals surface area (Å²) in [6.45, 7) is 2.01. The maximum atomic E-state index is 8.67. The fraction of sp³-hybridized carbons (Fsp3) is 0.333. The summed E-state index contributed by atoms with van der Waals surface area (Å²) in [5.41, 5.74) is 6.86. The van der Waals surface area contributed by atoms with Gasteiger partial charge >= 0.3 is 0 Å². The van der Waals surface area contributed by atoms with Crippen LogP contribution in [-0.2, 0) is 6.42 Å². The van der Waals surface area contributed by atoms with Crippen LogP contribution in [0.1, 0.15) is 24.7 Å². The topological polar surface area (TPSA) is 102 Å². The van der Waals surface area contributed by atoms with Crippen molar-refractivity contribution in [2.24, 2.45) is 5.73 Å². The fourth-order valence-electron chi connectivity index (χ4n) is 1.41. The molecule has 0 fully saturated rings. The van der Waals surface area contributed by atoms with E-state index in [2.05, 4.69) is 15.1 Å². The van der Waals surface area contributed by atoms with Gasteiger partial charge in [-0.3, -0.25) is 0 Å². The lowest BCUT2D eigenvalue weighted by molar-refractivity contribution is 0.418. The molecule has 0 spiro atoms. The first kappa shape index (κ1) is 12.2. The smallest absolute Gasteiger partial charge is 0.276 e. The molecule has 0 radical (unpaired) electrons. The van der Waals surface area contributed by atoms with Crippen molar-refractivity contribution in [2.45, 2.75) is 25.8 Å². The van der Waals surface area contributed by atoms with E-state index in [1.807, 2.05) is 13.0 Å². The minimum absolute atomic E-state index is 0.0318. The molecular weight excluding hydrogens is 230 g/mol. The van der Waals surface area contributed by atoms with Gasteiger partial charge in [-0.2, -0.15) is 10.2 Å². The van der Waals surface area contributed by atoms with Crippen molar-refractivity contribution in [1.29, 1.82) is 5.26 Å². The van der Waals surface area contributed by atoms with Gasteiger partial charge in [0.25, 0.3) is 5.89 Å². The Labute approximate surface area is 104 Å². The third kappa shape index (κ3) is 2.70. The molecule has 0 bridgehead atoms. The molecule has 6 nitrogen and oxygen atoms in total. The molecule has 2 aromatic heterocycles. The van der Waals surface area contributed by atoms with E-state index in [0.717, 1.165) is 6.42 Å². The third-order valence-electron chi connectivity index (χ3n) is 2.55. The van der Waals surface area contributed by atoms with Gasteiger partial charge in [0.05, 0.1) is 5.56 Å². The predicted molar refractivity (Wildman–Crippen MR) is 64.2 cm³/mol. The Morgan fingerprint density at radius 1 is 1.50 bits per heavy atom. The van der Waals surface area contributed by atoms with Gasteiger partial charge in [-0.15, -0.1) is 0 Å². The van der Waals surface area contributed by atoms with E-state index in [1.165, 1.54) is 6.20 Å². The number of nitriles is 1. The van der Waals surface area contributed by atoms with Gasteiger partial charge < -0.3 is 10.3 Å². The molecule has 2 N–H and O–H groups in total. The molecule has 0 saturated carbocycles. The highest BCUT2D eigenvalue weighted by Crippen LogP contribution is 2.15. The summed E-state index contributed by atoms with van der Waals surface area (Å²) in [5.74, 6) is 0.920. The van der Waals surface area contributed by atoms with Gasteiger partial charge in [-0.05, 0) is 18.6 Å². The number of hydrogen-bond donors (Lipinski definition) is 1. The molecule has 1 atom stereocenters. The zero-order valence-corrected chi connectivity index (χ0v) is 10.00. The van der Waals surface area contributed by atoms with E-state index >= 15 is 0 Å². The van der Waals surface area contributed by atoms with Crippen LogP contribution in [-0.4, -0.2) is 21.2 Å². The number of nitrogens with zero attached hydrogens (tertiary/aromatic N) is 4. The van der Waals surface area contributed by atoms with Gasteiger partial charge in [0.15, 0.2) is 5.82 Å². The zero-order valence-electron chi connectivity index (χ0n) is 10.00. The number of rotatable bonds is 4. The van der Waals surface area contributed by atoms with Crippen LogP contribution in [0.3, 0.4) is 0 Å². The first-order valence-electron chi connectivity index (χ1n) is 5.67. The molecule has 1 unspecified atom stereocenters. The van der Waals surface area contributed by atoms with Crippen molar-refractivity contribution in [3.8, 4) is 17.7 Å². The van der Waals surface area contributed by atoms with Crippen LogP contribution in [0.5, 0.6) is 0 Å². The summed E-state index contributed by atoms with van der Waals surface area (Å²) in [5, 5.41) is 12.5. The Balaban J connectivity index is 2.16. The largest absolute Gasteiger partial charge is 0.332 e. The van der Waals surface area contributed by atoms with E-state index in [9.17, 15) is 0 Å². The predicted octanol–water partition coefficient (Wildman–Crippen LogP) is 1.28. The average molecular weight is 243 g/mol. The van der Waals surface area contributed by atoms with Gasteiger partial charge in [0.1, 0.15) is 11.8 Å². The molecule has 2 aromatic rings. The lowest BCUT2D eigenvalue weighted by Crippen LogP contribution is -2.21. The normalized spacial score (nSPS) is 12.1. The van der Waals surface area contributed by atoms with Gasteiger partial charge in [-0.1, -0.05) is 12.1 Å². The Morgan fingerprint density at radius 2 is 2.33 bits per heavy atom. The summed E-state index contributed by atoms with van der Waals surface area (Å²) in [7, 11) is 0. The van der Waals surface area contributed by atoms with Crippen molar-refractivity contribution in [3.05, 3.63) is 29.7 Å². The third-order valence-corrected chi connectivity index (χ3v) is 2.55. The van der Waals surface area contributed by atoms with Crippen LogP contribution >= 0.6 is 0 Å². The Hall–Kier alpha value is -2.26. The summed E-state index contributed by atoms with van der Waals surface area (Å²) in [6, 6.07) is 5.36. The maximum Gasteiger partial charge on any atom is 0.276 e. The van der Waals surface area contributed by atoms with Gasteiger partial charge in [0.2, 0.25) is 0 Å². The Kier molecular flexibility index (Phi) is 3.65. The average Bonchev–Trinajstić information content (AvgIpc) is 2.87. The summed E-state index contributed by atoms with van der Waals surface area (Å²) < 4.78 is 5.11. The highest BCUT2D eigenvalue weighted by molar-refractivity contribution is 5.47. The summed E-state index contributed by atoms with van der Waals surface area (Å²) in [6.07, 6.45) is 2.91. The van der Waals surface area contributed by atoms with Gasteiger partial charge in [0, 0.05) is 18.7 Å². The molecule has 2 heterocycles. The standard InChI is InChI=1S/C12H13N5O/c1-2-9(14)5-11-16-12(18-17-11)10-4-3-8(6-13)7-15-10/h3-4,7,9H,2,5,14H2,1H3. The minimum atomic E-state index is 0.0318. The van der Waals surface area contributed by atoms with E-state index in [-0.39, 0.29) is 6.04 Å². The highest BCUT2D eigenvalue weighted by Gasteiger charge is 2.12.